The minimum absolute atomic E-state index is 0.524. The Hall–Kier alpha value is -1.62. The number of nitrogens with one attached hydrogen (secondary N) is 1. The number of aromatic nitrogens is 3. The second kappa shape index (κ2) is 4.57. The lowest BCUT2D eigenvalue weighted by Gasteiger charge is -2.32. The van der Waals surface area contributed by atoms with Gasteiger partial charge < -0.3 is 9.64 Å². The van der Waals surface area contributed by atoms with E-state index in [1.807, 2.05) is 13.0 Å². The lowest BCUT2D eigenvalue weighted by atomic mass is 10.1. The van der Waals surface area contributed by atoms with E-state index >= 15 is 0 Å². The quantitative estimate of drug-likeness (QED) is 0.879. The van der Waals surface area contributed by atoms with Crippen molar-refractivity contribution in [3.8, 4) is 0 Å². The number of pyridine rings is 1. The van der Waals surface area contributed by atoms with Crippen molar-refractivity contribution in [3.05, 3.63) is 17.8 Å². The van der Waals surface area contributed by atoms with Gasteiger partial charge in [0.15, 0.2) is 0 Å². The van der Waals surface area contributed by atoms with Crippen LogP contribution in [0.3, 0.4) is 0 Å². The minimum Gasteiger partial charge on any atom is -0.381 e. The van der Waals surface area contributed by atoms with Crippen molar-refractivity contribution in [1.29, 1.82) is 0 Å². The van der Waals surface area contributed by atoms with Crippen molar-refractivity contribution < 1.29 is 4.74 Å². The number of H-pyrrole nitrogens is 1. The largest absolute Gasteiger partial charge is 0.381 e. The summed E-state index contributed by atoms with van der Waals surface area (Å²) >= 11 is 0. The monoisotopic (exact) mass is 246 g/mol. The van der Waals surface area contributed by atoms with Gasteiger partial charge in [0.05, 0.1) is 11.2 Å². The van der Waals surface area contributed by atoms with Crippen LogP contribution in [0.1, 0.15) is 18.5 Å². The van der Waals surface area contributed by atoms with Crippen molar-refractivity contribution >= 4 is 16.9 Å². The molecule has 1 aliphatic heterocycles. The molecule has 0 aromatic carbocycles. The van der Waals surface area contributed by atoms with Gasteiger partial charge in [0.2, 0.25) is 0 Å². The minimum atomic E-state index is 0.524. The number of anilines is 1. The van der Waals surface area contributed by atoms with E-state index in [2.05, 4.69) is 28.2 Å². The van der Waals surface area contributed by atoms with Gasteiger partial charge in [0, 0.05) is 26.3 Å². The summed E-state index contributed by atoms with van der Waals surface area (Å²) in [4.78, 5) is 6.96. The maximum Gasteiger partial charge on any atom is 0.129 e. The fraction of sp³-hybridized carbons (Fsp3) is 0.538. The first-order chi connectivity index (χ1) is 8.75. The first-order valence-electron chi connectivity index (χ1n) is 6.38. The van der Waals surface area contributed by atoms with E-state index in [4.69, 9.17) is 9.72 Å². The second-order valence-corrected chi connectivity index (χ2v) is 4.83. The summed E-state index contributed by atoms with van der Waals surface area (Å²) in [5.41, 5.74) is 2.91. The summed E-state index contributed by atoms with van der Waals surface area (Å²) in [5, 5.41) is 7.17. The number of fused-ring (bicyclic) bond motifs is 1. The summed E-state index contributed by atoms with van der Waals surface area (Å²) < 4.78 is 5.40. The van der Waals surface area contributed by atoms with Crippen LogP contribution in [0.4, 0.5) is 5.82 Å². The van der Waals surface area contributed by atoms with E-state index in [1.54, 1.807) is 0 Å². The molecule has 1 aliphatic rings. The zero-order chi connectivity index (χ0) is 12.5. The van der Waals surface area contributed by atoms with Crippen LogP contribution in [-0.4, -0.2) is 41.5 Å². The van der Waals surface area contributed by atoms with Gasteiger partial charge in [0.1, 0.15) is 11.3 Å². The second-order valence-electron chi connectivity index (χ2n) is 4.83. The topological polar surface area (TPSA) is 54.0 Å². The molecule has 1 saturated heterocycles. The van der Waals surface area contributed by atoms with Crippen molar-refractivity contribution in [2.45, 2.75) is 25.8 Å². The number of nitrogens with zero attached hydrogens (tertiary/aromatic N) is 3. The van der Waals surface area contributed by atoms with Crippen LogP contribution in [0.2, 0.25) is 0 Å². The van der Waals surface area contributed by atoms with Crippen LogP contribution < -0.4 is 4.90 Å². The maximum absolute atomic E-state index is 5.40. The van der Waals surface area contributed by atoms with Crippen molar-refractivity contribution in [2.75, 3.05) is 25.2 Å². The average Bonchev–Trinajstić information content (AvgIpc) is 2.80. The Balaban J connectivity index is 1.90. The van der Waals surface area contributed by atoms with Gasteiger partial charge in [0.25, 0.3) is 0 Å². The van der Waals surface area contributed by atoms with Crippen LogP contribution >= 0.6 is 0 Å². The SMILES string of the molecule is Cc1n[nH]c2ccc(N(C)C3CCOCC3)nc12. The molecular formula is C13H18N4O. The summed E-state index contributed by atoms with van der Waals surface area (Å²) in [6.07, 6.45) is 2.14. The van der Waals surface area contributed by atoms with Gasteiger partial charge in [-0.25, -0.2) is 4.98 Å². The van der Waals surface area contributed by atoms with Crippen LogP contribution in [0.25, 0.3) is 11.0 Å². The van der Waals surface area contributed by atoms with E-state index in [-0.39, 0.29) is 0 Å². The van der Waals surface area contributed by atoms with Crippen LogP contribution in [-0.2, 0) is 4.74 Å². The standard InChI is InChI=1S/C13H18N4O/c1-9-13-11(16-15-9)3-4-12(14-13)17(2)10-5-7-18-8-6-10/h3-4,10H,5-8H2,1-2H3,(H,15,16). The van der Waals surface area contributed by atoms with E-state index in [9.17, 15) is 0 Å². The third-order valence-corrected chi connectivity index (χ3v) is 3.67. The summed E-state index contributed by atoms with van der Waals surface area (Å²) in [7, 11) is 2.11. The molecule has 0 unspecified atom stereocenters. The third kappa shape index (κ3) is 1.95. The Morgan fingerprint density at radius 3 is 2.89 bits per heavy atom. The Morgan fingerprint density at radius 2 is 2.11 bits per heavy atom. The molecule has 96 valence electrons. The fourth-order valence-corrected chi connectivity index (χ4v) is 2.47. The lowest BCUT2D eigenvalue weighted by molar-refractivity contribution is 0.0854. The Morgan fingerprint density at radius 1 is 1.33 bits per heavy atom. The lowest BCUT2D eigenvalue weighted by Crippen LogP contribution is -2.37. The molecule has 0 radical (unpaired) electrons. The molecule has 2 aromatic heterocycles. The van der Waals surface area contributed by atoms with Crippen molar-refractivity contribution in [2.24, 2.45) is 0 Å². The van der Waals surface area contributed by atoms with E-state index in [0.29, 0.717) is 6.04 Å². The molecule has 18 heavy (non-hydrogen) atoms. The number of aryl methyl sites for hydroxylation is 1. The molecule has 1 N–H and O–H groups in total. The smallest absolute Gasteiger partial charge is 0.129 e. The molecule has 5 nitrogen and oxygen atoms in total. The van der Waals surface area contributed by atoms with Gasteiger partial charge in [-0.1, -0.05) is 0 Å². The highest BCUT2D eigenvalue weighted by atomic mass is 16.5. The highest BCUT2D eigenvalue weighted by Crippen LogP contribution is 2.22. The number of aromatic amines is 1. The molecular weight excluding hydrogens is 228 g/mol. The van der Waals surface area contributed by atoms with Gasteiger partial charge in [-0.15, -0.1) is 0 Å². The van der Waals surface area contributed by atoms with Gasteiger partial charge in [-0.3, -0.25) is 5.10 Å². The molecule has 0 amide bonds. The van der Waals surface area contributed by atoms with E-state index < -0.39 is 0 Å². The highest BCUT2D eigenvalue weighted by Gasteiger charge is 2.20. The number of hydrogen-bond donors (Lipinski definition) is 1. The van der Waals surface area contributed by atoms with Crippen molar-refractivity contribution in [3.63, 3.8) is 0 Å². The molecule has 2 aromatic rings. The molecule has 5 heteroatoms. The summed E-state index contributed by atoms with van der Waals surface area (Å²) in [6, 6.07) is 4.62. The molecule has 0 aliphatic carbocycles. The van der Waals surface area contributed by atoms with Crippen LogP contribution in [0, 0.1) is 6.92 Å². The Labute approximate surface area is 106 Å². The van der Waals surface area contributed by atoms with Gasteiger partial charge in [-0.05, 0) is 31.9 Å². The predicted molar refractivity (Wildman–Crippen MR) is 70.9 cm³/mol. The van der Waals surface area contributed by atoms with Crippen LogP contribution in [0.5, 0.6) is 0 Å². The Bertz CT molecular complexity index is 545. The first-order valence-corrected chi connectivity index (χ1v) is 6.38. The van der Waals surface area contributed by atoms with Crippen molar-refractivity contribution in [1.82, 2.24) is 15.2 Å². The summed E-state index contributed by atoms with van der Waals surface area (Å²) in [6.45, 7) is 3.67. The normalized spacial score (nSPS) is 17.2. The van der Waals surface area contributed by atoms with Crippen LogP contribution in [0.15, 0.2) is 12.1 Å². The highest BCUT2D eigenvalue weighted by molar-refractivity contribution is 5.78. The maximum atomic E-state index is 5.40. The number of hydrogen-bond acceptors (Lipinski definition) is 4. The molecule has 1 fully saturated rings. The first kappa shape index (κ1) is 11.5. The predicted octanol–water partition coefficient (Wildman–Crippen LogP) is 1.88. The van der Waals surface area contributed by atoms with E-state index in [0.717, 1.165) is 48.6 Å². The Kier molecular flexibility index (Phi) is 2.91. The number of ether oxygens (including phenoxy) is 1. The average molecular weight is 246 g/mol. The molecule has 0 bridgehead atoms. The van der Waals surface area contributed by atoms with Gasteiger partial charge in [-0.2, -0.15) is 5.10 Å². The third-order valence-electron chi connectivity index (χ3n) is 3.67. The summed E-state index contributed by atoms with van der Waals surface area (Å²) in [5.74, 6) is 1.01. The zero-order valence-corrected chi connectivity index (χ0v) is 10.8. The fourth-order valence-electron chi connectivity index (χ4n) is 2.47. The molecule has 0 spiro atoms. The molecule has 0 atom stereocenters. The molecule has 0 saturated carbocycles. The molecule has 3 heterocycles. The van der Waals surface area contributed by atoms with Gasteiger partial charge >= 0.3 is 0 Å². The zero-order valence-electron chi connectivity index (χ0n) is 10.8. The van der Waals surface area contributed by atoms with E-state index in [1.165, 1.54) is 0 Å². The number of rotatable bonds is 2. The molecule has 3 rings (SSSR count).